The van der Waals surface area contributed by atoms with Gasteiger partial charge in [0.2, 0.25) is 0 Å². The van der Waals surface area contributed by atoms with Crippen LogP contribution in [0.1, 0.15) is 68.3 Å². The maximum Gasteiger partial charge on any atom is 0.110 e. The highest BCUT2D eigenvalue weighted by Gasteiger charge is 2.22. The number of nitrogens with one attached hydrogen (secondary N) is 2. The molecule has 0 amide bonds. The van der Waals surface area contributed by atoms with Gasteiger partial charge < -0.3 is 10.3 Å². The average molecular weight is 233 g/mol. The molecule has 3 nitrogen and oxygen atoms in total. The fourth-order valence-corrected chi connectivity index (χ4v) is 3.24. The van der Waals surface area contributed by atoms with Crippen LogP contribution in [0.25, 0.3) is 0 Å². The summed E-state index contributed by atoms with van der Waals surface area (Å²) >= 11 is 0. The summed E-state index contributed by atoms with van der Waals surface area (Å²) in [6, 6.07) is 0. The Morgan fingerprint density at radius 1 is 1.00 bits per heavy atom. The molecule has 1 saturated heterocycles. The van der Waals surface area contributed by atoms with E-state index in [1.54, 1.807) is 0 Å². The van der Waals surface area contributed by atoms with Crippen molar-refractivity contribution in [1.29, 1.82) is 0 Å². The fraction of sp³-hybridized carbons (Fsp3) is 0.786. The second-order valence-corrected chi connectivity index (χ2v) is 5.60. The lowest BCUT2D eigenvalue weighted by atomic mass is 9.97. The summed E-state index contributed by atoms with van der Waals surface area (Å²) in [5, 5.41) is 3.41. The number of aromatic amines is 1. The Balaban J connectivity index is 1.70. The van der Waals surface area contributed by atoms with Gasteiger partial charge in [-0.25, -0.2) is 4.98 Å². The van der Waals surface area contributed by atoms with Gasteiger partial charge >= 0.3 is 0 Å². The van der Waals surface area contributed by atoms with Crippen LogP contribution in [-0.4, -0.2) is 23.1 Å². The van der Waals surface area contributed by atoms with Crippen molar-refractivity contribution in [1.82, 2.24) is 15.3 Å². The summed E-state index contributed by atoms with van der Waals surface area (Å²) in [6.07, 6.45) is 11.7. The number of hydrogen-bond donors (Lipinski definition) is 2. The Hall–Kier alpha value is -0.830. The van der Waals surface area contributed by atoms with Gasteiger partial charge in [0, 0.05) is 30.3 Å². The third-order valence-electron chi connectivity index (χ3n) is 4.36. The molecule has 0 spiro atoms. The molecule has 2 fully saturated rings. The average Bonchev–Trinajstić information content (AvgIpc) is 2.95. The van der Waals surface area contributed by atoms with Crippen molar-refractivity contribution in [2.45, 2.75) is 56.8 Å². The molecule has 2 aliphatic rings. The van der Waals surface area contributed by atoms with Crippen LogP contribution in [0.15, 0.2) is 6.20 Å². The summed E-state index contributed by atoms with van der Waals surface area (Å²) in [6.45, 7) is 2.24. The second kappa shape index (κ2) is 5.21. The number of H-pyrrole nitrogens is 1. The van der Waals surface area contributed by atoms with Gasteiger partial charge in [0.05, 0.1) is 0 Å². The van der Waals surface area contributed by atoms with Crippen LogP contribution < -0.4 is 5.32 Å². The van der Waals surface area contributed by atoms with Gasteiger partial charge in [0.25, 0.3) is 0 Å². The molecule has 1 aromatic rings. The molecule has 2 heterocycles. The molecule has 2 N–H and O–H groups in total. The Bertz CT molecular complexity index is 344. The zero-order chi connectivity index (χ0) is 11.5. The topological polar surface area (TPSA) is 40.7 Å². The SMILES string of the molecule is c1nc(C2CCNC2)[nH]c1C1CCCCCC1. The summed E-state index contributed by atoms with van der Waals surface area (Å²) in [5.41, 5.74) is 1.40. The first-order valence-electron chi connectivity index (χ1n) is 7.19. The van der Waals surface area contributed by atoms with Crippen LogP contribution in [0.4, 0.5) is 0 Å². The largest absolute Gasteiger partial charge is 0.345 e. The lowest BCUT2D eigenvalue weighted by molar-refractivity contribution is 0.577. The van der Waals surface area contributed by atoms with Gasteiger partial charge in [-0.1, -0.05) is 25.7 Å². The van der Waals surface area contributed by atoms with E-state index in [0.29, 0.717) is 5.92 Å². The molecular formula is C14H23N3. The maximum atomic E-state index is 4.61. The lowest BCUT2D eigenvalue weighted by Gasteiger charge is -2.11. The number of hydrogen-bond acceptors (Lipinski definition) is 2. The molecule has 1 atom stereocenters. The van der Waals surface area contributed by atoms with Crippen LogP contribution in [0.3, 0.4) is 0 Å². The highest BCUT2D eigenvalue weighted by Crippen LogP contribution is 2.31. The predicted molar refractivity (Wildman–Crippen MR) is 69.3 cm³/mol. The third kappa shape index (κ3) is 2.54. The van der Waals surface area contributed by atoms with Crippen LogP contribution >= 0.6 is 0 Å². The van der Waals surface area contributed by atoms with E-state index >= 15 is 0 Å². The number of imidazole rings is 1. The predicted octanol–water partition coefficient (Wildman–Crippen LogP) is 2.92. The first-order chi connectivity index (χ1) is 8.43. The van der Waals surface area contributed by atoms with Crippen LogP contribution in [0.5, 0.6) is 0 Å². The Labute approximate surface area is 103 Å². The van der Waals surface area contributed by atoms with Crippen LogP contribution in [0, 0.1) is 0 Å². The lowest BCUT2D eigenvalue weighted by Crippen LogP contribution is -2.09. The molecule has 0 bridgehead atoms. The van der Waals surface area contributed by atoms with E-state index in [2.05, 4.69) is 21.5 Å². The van der Waals surface area contributed by atoms with Gasteiger partial charge in [0.15, 0.2) is 0 Å². The standard InChI is InChI=1S/C14H23N3/c1-2-4-6-11(5-3-1)13-10-16-14(17-13)12-7-8-15-9-12/h10-12,15H,1-9H2,(H,16,17). The van der Waals surface area contributed by atoms with E-state index < -0.39 is 0 Å². The molecule has 3 rings (SSSR count). The van der Waals surface area contributed by atoms with E-state index in [-0.39, 0.29) is 0 Å². The van der Waals surface area contributed by atoms with Crippen LogP contribution in [0.2, 0.25) is 0 Å². The molecule has 1 unspecified atom stereocenters. The number of aromatic nitrogens is 2. The first-order valence-corrected chi connectivity index (χ1v) is 7.19. The molecule has 1 aromatic heterocycles. The monoisotopic (exact) mass is 233 g/mol. The molecule has 1 aliphatic heterocycles. The molecule has 1 aliphatic carbocycles. The Kier molecular flexibility index (Phi) is 3.46. The van der Waals surface area contributed by atoms with Crippen molar-refractivity contribution in [3.8, 4) is 0 Å². The van der Waals surface area contributed by atoms with Crippen molar-refractivity contribution in [2.24, 2.45) is 0 Å². The third-order valence-corrected chi connectivity index (χ3v) is 4.36. The number of rotatable bonds is 2. The van der Waals surface area contributed by atoms with Crippen molar-refractivity contribution in [3.63, 3.8) is 0 Å². The summed E-state index contributed by atoms with van der Waals surface area (Å²) in [7, 11) is 0. The van der Waals surface area contributed by atoms with E-state index in [1.807, 2.05) is 0 Å². The maximum absolute atomic E-state index is 4.61. The quantitative estimate of drug-likeness (QED) is 0.771. The van der Waals surface area contributed by atoms with Gasteiger partial charge in [-0.2, -0.15) is 0 Å². The number of nitrogens with zero attached hydrogens (tertiary/aromatic N) is 1. The summed E-state index contributed by atoms with van der Waals surface area (Å²) in [5.74, 6) is 2.58. The van der Waals surface area contributed by atoms with Crippen LogP contribution in [-0.2, 0) is 0 Å². The van der Waals surface area contributed by atoms with E-state index in [0.717, 1.165) is 19.0 Å². The second-order valence-electron chi connectivity index (χ2n) is 5.60. The Morgan fingerprint density at radius 2 is 1.82 bits per heavy atom. The van der Waals surface area contributed by atoms with Crippen molar-refractivity contribution in [2.75, 3.05) is 13.1 Å². The molecular weight excluding hydrogens is 210 g/mol. The van der Waals surface area contributed by atoms with Gasteiger partial charge in [-0.3, -0.25) is 0 Å². The minimum Gasteiger partial charge on any atom is -0.345 e. The van der Waals surface area contributed by atoms with Gasteiger partial charge in [-0.15, -0.1) is 0 Å². The normalized spacial score (nSPS) is 27.2. The van der Waals surface area contributed by atoms with Gasteiger partial charge in [-0.05, 0) is 25.8 Å². The van der Waals surface area contributed by atoms with E-state index in [1.165, 1.54) is 56.5 Å². The van der Waals surface area contributed by atoms with E-state index in [4.69, 9.17) is 0 Å². The van der Waals surface area contributed by atoms with Crippen molar-refractivity contribution < 1.29 is 0 Å². The highest BCUT2D eigenvalue weighted by molar-refractivity contribution is 5.12. The van der Waals surface area contributed by atoms with Crippen molar-refractivity contribution >= 4 is 0 Å². The molecule has 0 radical (unpaired) electrons. The van der Waals surface area contributed by atoms with E-state index in [9.17, 15) is 0 Å². The van der Waals surface area contributed by atoms with Crippen molar-refractivity contribution in [3.05, 3.63) is 17.7 Å². The van der Waals surface area contributed by atoms with Gasteiger partial charge in [0.1, 0.15) is 5.82 Å². The summed E-state index contributed by atoms with van der Waals surface area (Å²) < 4.78 is 0. The molecule has 1 saturated carbocycles. The Morgan fingerprint density at radius 3 is 2.53 bits per heavy atom. The minimum atomic E-state index is 0.620. The molecule has 17 heavy (non-hydrogen) atoms. The zero-order valence-electron chi connectivity index (χ0n) is 10.5. The fourth-order valence-electron chi connectivity index (χ4n) is 3.24. The highest BCUT2D eigenvalue weighted by atomic mass is 15.0. The first kappa shape index (κ1) is 11.3. The molecule has 94 valence electrons. The molecule has 0 aromatic carbocycles. The minimum absolute atomic E-state index is 0.620. The zero-order valence-corrected chi connectivity index (χ0v) is 10.5. The smallest absolute Gasteiger partial charge is 0.110 e. The molecule has 3 heteroatoms. The summed E-state index contributed by atoms with van der Waals surface area (Å²) in [4.78, 5) is 8.21.